The first-order valence-corrected chi connectivity index (χ1v) is 13.3. The molecular formula is C29H33ClN4O3. The van der Waals surface area contributed by atoms with Crippen LogP contribution in [0.15, 0.2) is 79.0 Å². The van der Waals surface area contributed by atoms with Crippen LogP contribution in [0.25, 0.3) is 0 Å². The van der Waals surface area contributed by atoms with Gasteiger partial charge in [-0.2, -0.15) is 0 Å². The molecule has 1 amide bonds. The highest BCUT2D eigenvalue weighted by Gasteiger charge is 2.36. The molecule has 8 heteroatoms. The summed E-state index contributed by atoms with van der Waals surface area (Å²) in [6.45, 7) is 3.47. The second-order valence-corrected chi connectivity index (χ2v) is 10.1. The van der Waals surface area contributed by atoms with Crippen LogP contribution in [0.4, 0.5) is 16.3 Å². The molecule has 3 heterocycles. The second kappa shape index (κ2) is 12.4. The molecule has 0 radical (unpaired) electrons. The van der Waals surface area contributed by atoms with Gasteiger partial charge in [0.2, 0.25) is 0 Å². The fraction of sp³-hybridized carbons (Fsp3) is 0.379. The van der Waals surface area contributed by atoms with E-state index in [0.29, 0.717) is 18.3 Å². The zero-order valence-electron chi connectivity index (χ0n) is 20.8. The standard InChI is InChI=1S/C29H33ClN4O3/c30-23-11-9-22(10-12-23)18-26-20-36-27(21-37-29(35)32-24-6-2-1-3-7-24)19-34(26)25-13-16-33(17-14-25)28-8-4-5-15-31-28/h1-12,15,25-27H,13-14,16-21H2,(H,32,35)/t26-,27+/m0/s1. The van der Waals surface area contributed by atoms with E-state index in [2.05, 4.69) is 38.3 Å². The number of morpholine rings is 1. The monoisotopic (exact) mass is 520 g/mol. The Kier molecular flexibility index (Phi) is 8.56. The first-order chi connectivity index (χ1) is 18.1. The predicted molar refractivity (Wildman–Crippen MR) is 146 cm³/mol. The van der Waals surface area contributed by atoms with E-state index in [1.807, 2.05) is 60.8 Å². The number of nitrogens with one attached hydrogen (secondary N) is 1. The van der Waals surface area contributed by atoms with Gasteiger partial charge in [-0.05, 0) is 61.2 Å². The van der Waals surface area contributed by atoms with Crippen molar-refractivity contribution >= 4 is 29.2 Å². The van der Waals surface area contributed by atoms with Crippen LogP contribution in [0.2, 0.25) is 5.02 Å². The minimum absolute atomic E-state index is 0.170. The van der Waals surface area contributed by atoms with Gasteiger partial charge in [-0.3, -0.25) is 10.2 Å². The molecule has 2 aliphatic heterocycles. The zero-order chi connectivity index (χ0) is 25.5. The lowest BCUT2D eigenvalue weighted by atomic mass is 9.96. The second-order valence-electron chi connectivity index (χ2n) is 9.63. The van der Waals surface area contributed by atoms with Crippen LogP contribution >= 0.6 is 11.6 Å². The molecule has 2 saturated heterocycles. The molecule has 194 valence electrons. The molecule has 37 heavy (non-hydrogen) atoms. The van der Waals surface area contributed by atoms with Gasteiger partial charge in [-0.1, -0.05) is 48.0 Å². The van der Waals surface area contributed by atoms with Crippen LogP contribution in [-0.4, -0.2) is 67.0 Å². The molecule has 0 bridgehead atoms. The molecule has 0 saturated carbocycles. The summed E-state index contributed by atoms with van der Waals surface area (Å²) < 4.78 is 11.7. The largest absolute Gasteiger partial charge is 0.446 e. The molecule has 0 aliphatic carbocycles. The summed E-state index contributed by atoms with van der Waals surface area (Å²) in [5.41, 5.74) is 1.95. The van der Waals surface area contributed by atoms with Gasteiger partial charge in [0.05, 0.1) is 6.61 Å². The number of nitrogens with zero attached hydrogens (tertiary/aromatic N) is 3. The van der Waals surface area contributed by atoms with Crippen molar-refractivity contribution in [3.63, 3.8) is 0 Å². The van der Waals surface area contributed by atoms with Gasteiger partial charge in [0, 0.05) is 48.6 Å². The number of ether oxygens (including phenoxy) is 2. The fourth-order valence-electron chi connectivity index (χ4n) is 5.21. The van der Waals surface area contributed by atoms with E-state index in [0.717, 1.165) is 49.7 Å². The Hall–Kier alpha value is -3.13. The van der Waals surface area contributed by atoms with Crippen molar-refractivity contribution in [3.05, 3.63) is 89.6 Å². The molecular weight excluding hydrogens is 488 g/mol. The molecule has 5 rings (SSSR count). The Labute approximate surface area is 223 Å². The SMILES string of the molecule is O=C(Nc1ccccc1)OC[C@H]1CN(C2CCN(c3ccccn3)CC2)[C@@H](Cc2ccc(Cl)cc2)CO1. The van der Waals surface area contributed by atoms with Crippen molar-refractivity contribution < 1.29 is 14.3 Å². The molecule has 1 N–H and O–H groups in total. The maximum atomic E-state index is 12.3. The first kappa shape index (κ1) is 25.5. The van der Waals surface area contributed by atoms with Crippen LogP contribution in [0.1, 0.15) is 18.4 Å². The van der Waals surface area contributed by atoms with Crippen LogP contribution in [0, 0.1) is 0 Å². The third kappa shape index (κ3) is 7.01. The number of rotatable bonds is 7. The number of hydrogen-bond donors (Lipinski definition) is 1. The van der Waals surface area contributed by atoms with E-state index in [1.165, 1.54) is 5.56 Å². The number of amides is 1. The van der Waals surface area contributed by atoms with Crippen LogP contribution in [0.3, 0.4) is 0 Å². The Morgan fingerprint density at radius 2 is 1.78 bits per heavy atom. The van der Waals surface area contributed by atoms with Gasteiger partial charge in [0.15, 0.2) is 0 Å². The van der Waals surface area contributed by atoms with E-state index in [9.17, 15) is 4.79 Å². The lowest BCUT2D eigenvalue weighted by molar-refractivity contribution is -0.0982. The van der Waals surface area contributed by atoms with Gasteiger partial charge in [-0.25, -0.2) is 9.78 Å². The summed E-state index contributed by atoms with van der Waals surface area (Å²) in [5, 5.41) is 3.51. The number of pyridine rings is 1. The zero-order valence-corrected chi connectivity index (χ0v) is 21.6. The highest BCUT2D eigenvalue weighted by Crippen LogP contribution is 2.27. The number of carbonyl (C=O) groups is 1. The summed E-state index contributed by atoms with van der Waals surface area (Å²) in [6.07, 6.45) is 4.21. The number of halogens is 1. The number of aromatic nitrogens is 1. The van der Waals surface area contributed by atoms with Gasteiger partial charge in [-0.15, -0.1) is 0 Å². The summed E-state index contributed by atoms with van der Waals surface area (Å²) >= 11 is 6.11. The molecule has 2 aromatic carbocycles. The summed E-state index contributed by atoms with van der Waals surface area (Å²) in [5.74, 6) is 1.04. The van der Waals surface area contributed by atoms with Crippen LogP contribution < -0.4 is 10.2 Å². The number of carbonyl (C=O) groups excluding carboxylic acids is 1. The maximum absolute atomic E-state index is 12.3. The molecule has 7 nitrogen and oxygen atoms in total. The minimum atomic E-state index is -0.465. The van der Waals surface area contributed by atoms with E-state index >= 15 is 0 Å². The van der Waals surface area contributed by atoms with Gasteiger partial charge < -0.3 is 14.4 Å². The smallest absolute Gasteiger partial charge is 0.411 e. The Balaban J connectivity index is 1.21. The quantitative estimate of drug-likeness (QED) is 0.458. The van der Waals surface area contributed by atoms with Gasteiger partial charge >= 0.3 is 6.09 Å². The molecule has 2 atom stereocenters. The molecule has 1 aromatic heterocycles. The highest BCUT2D eigenvalue weighted by atomic mass is 35.5. The van der Waals surface area contributed by atoms with Crippen molar-refractivity contribution in [3.8, 4) is 0 Å². The number of hydrogen-bond acceptors (Lipinski definition) is 6. The Morgan fingerprint density at radius 1 is 1.03 bits per heavy atom. The van der Waals surface area contributed by atoms with Crippen molar-refractivity contribution in [1.29, 1.82) is 0 Å². The summed E-state index contributed by atoms with van der Waals surface area (Å²) in [4.78, 5) is 21.8. The van der Waals surface area contributed by atoms with E-state index in [-0.39, 0.29) is 18.8 Å². The van der Waals surface area contributed by atoms with Crippen molar-refractivity contribution in [2.45, 2.75) is 37.5 Å². The predicted octanol–water partition coefficient (Wildman–Crippen LogP) is 5.26. The number of piperidine rings is 1. The summed E-state index contributed by atoms with van der Waals surface area (Å²) in [7, 11) is 0. The third-order valence-corrected chi connectivity index (χ3v) is 7.37. The topological polar surface area (TPSA) is 66.9 Å². The number of para-hydroxylation sites is 1. The lowest BCUT2D eigenvalue weighted by Crippen LogP contribution is -2.58. The Morgan fingerprint density at radius 3 is 2.51 bits per heavy atom. The van der Waals surface area contributed by atoms with Gasteiger partial charge in [0.25, 0.3) is 0 Å². The van der Waals surface area contributed by atoms with Crippen LogP contribution in [0.5, 0.6) is 0 Å². The third-order valence-electron chi connectivity index (χ3n) is 7.12. The highest BCUT2D eigenvalue weighted by molar-refractivity contribution is 6.30. The summed E-state index contributed by atoms with van der Waals surface area (Å²) in [6, 6.07) is 24.1. The average molecular weight is 521 g/mol. The van der Waals surface area contributed by atoms with E-state index < -0.39 is 6.09 Å². The normalized spacial score (nSPS) is 20.9. The molecule has 2 aliphatic rings. The Bertz CT molecular complexity index is 1120. The van der Waals surface area contributed by atoms with Crippen molar-refractivity contribution in [1.82, 2.24) is 9.88 Å². The molecule has 2 fully saturated rings. The van der Waals surface area contributed by atoms with Gasteiger partial charge in [0.1, 0.15) is 18.5 Å². The number of anilines is 2. The molecule has 3 aromatic rings. The van der Waals surface area contributed by atoms with Crippen molar-refractivity contribution in [2.24, 2.45) is 0 Å². The minimum Gasteiger partial charge on any atom is -0.446 e. The molecule has 0 unspecified atom stereocenters. The molecule has 0 spiro atoms. The van der Waals surface area contributed by atoms with E-state index in [1.54, 1.807) is 0 Å². The maximum Gasteiger partial charge on any atom is 0.411 e. The van der Waals surface area contributed by atoms with Crippen LogP contribution in [-0.2, 0) is 15.9 Å². The number of benzene rings is 2. The lowest BCUT2D eigenvalue weighted by Gasteiger charge is -2.46. The van der Waals surface area contributed by atoms with Crippen molar-refractivity contribution in [2.75, 3.05) is 43.1 Å². The first-order valence-electron chi connectivity index (χ1n) is 12.9. The average Bonchev–Trinajstić information content (AvgIpc) is 2.95. The van der Waals surface area contributed by atoms with E-state index in [4.69, 9.17) is 21.1 Å². The fourth-order valence-corrected chi connectivity index (χ4v) is 5.33.